The Balaban J connectivity index is 1.97. The van der Waals surface area contributed by atoms with Gasteiger partial charge in [-0.1, -0.05) is 29.3 Å². The minimum absolute atomic E-state index is 0.172. The third-order valence-electron chi connectivity index (χ3n) is 3.42. The summed E-state index contributed by atoms with van der Waals surface area (Å²) < 4.78 is 1.62. The number of anilines is 1. The average molecular weight is 335 g/mol. The number of hydrogen-bond acceptors (Lipinski definition) is 2. The van der Waals surface area contributed by atoms with Gasteiger partial charge in [0.25, 0.3) is 0 Å². The molecule has 2 heterocycles. The van der Waals surface area contributed by atoms with E-state index < -0.39 is 5.97 Å². The summed E-state index contributed by atoms with van der Waals surface area (Å²) in [6.07, 6.45) is 1.71. The van der Waals surface area contributed by atoms with Gasteiger partial charge in [-0.15, -0.1) is 0 Å². The molecule has 0 aliphatic rings. The number of hydrogen-bond donors (Lipinski definition) is 2. The third kappa shape index (κ3) is 2.63. The van der Waals surface area contributed by atoms with Crippen LogP contribution in [0.25, 0.3) is 5.52 Å². The van der Waals surface area contributed by atoms with E-state index in [0.29, 0.717) is 22.3 Å². The maximum Gasteiger partial charge on any atom is 0.355 e. The number of rotatable bonds is 4. The number of halogens is 2. The number of carboxylic acid groups (broad SMARTS) is 1. The standard InChI is InChI=1S/C16H12Cl2N2O2/c17-12-4-1-5-13(18)11(12)9-19-14-7-6-10-3-2-8-20(10)15(14)16(21)22/h1-8,19H,9H2,(H,21,22). The fourth-order valence-corrected chi connectivity index (χ4v) is 2.89. The maximum atomic E-state index is 11.6. The number of carboxylic acids is 1. The molecule has 2 N–H and O–H groups in total. The van der Waals surface area contributed by atoms with Crippen molar-refractivity contribution in [3.05, 3.63) is 70.0 Å². The summed E-state index contributed by atoms with van der Waals surface area (Å²) in [6, 6.07) is 12.5. The zero-order valence-corrected chi connectivity index (χ0v) is 12.9. The summed E-state index contributed by atoms with van der Waals surface area (Å²) in [5, 5.41) is 13.7. The zero-order valence-electron chi connectivity index (χ0n) is 11.4. The lowest BCUT2D eigenvalue weighted by atomic mass is 10.2. The molecule has 0 saturated carbocycles. The van der Waals surface area contributed by atoms with Crippen molar-refractivity contribution >= 4 is 40.4 Å². The van der Waals surface area contributed by atoms with Crippen LogP contribution in [0.4, 0.5) is 5.69 Å². The van der Waals surface area contributed by atoms with Crippen molar-refractivity contribution in [2.75, 3.05) is 5.32 Å². The number of benzene rings is 1. The van der Waals surface area contributed by atoms with Gasteiger partial charge >= 0.3 is 5.97 Å². The zero-order chi connectivity index (χ0) is 15.7. The fraction of sp³-hybridized carbons (Fsp3) is 0.0625. The average Bonchev–Trinajstić information content (AvgIpc) is 2.94. The van der Waals surface area contributed by atoms with E-state index in [1.54, 1.807) is 40.9 Å². The summed E-state index contributed by atoms with van der Waals surface area (Å²) >= 11 is 12.3. The molecule has 0 amide bonds. The van der Waals surface area contributed by atoms with Crippen LogP contribution in [-0.2, 0) is 6.54 Å². The van der Waals surface area contributed by atoms with E-state index in [1.807, 2.05) is 12.1 Å². The second-order valence-electron chi connectivity index (χ2n) is 4.76. The van der Waals surface area contributed by atoms with Crippen molar-refractivity contribution in [2.45, 2.75) is 6.54 Å². The van der Waals surface area contributed by atoms with Gasteiger partial charge in [-0.25, -0.2) is 4.79 Å². The molecule has 22 heavy (non-hydrogen) atoms. The molecule has 0 aliphatic heterocycles. The number of pyridine rings is 1. The van der Waals surface area contributed by atoms with E-state index >= 15 is 0 Å². The molecule has 3 rings (SSSR count). The third-order valence-corrected chi connectivity index (χ3v) is 4.13. The molecule has 0 fully saturated rings. The number of nitrogens with zero attached hydrogens (tertiary/aromatic N) is 1. The van der Waals surface area contributed by atoms with Gasteiger partial charge in [0, 0.05) is 33.9 Å². The normalized spacial score (nSPS) is 10.8. The van der Waals surface area contributed by atoms with Gasteiger partial charge in [0.2, 0.25) is 0 Å². The topological polar surface area (TPSA) is 53.7 Å². The Kier molecular flexibility index (Phi) is 3.96. The lowest BCUT2D eigenvalue weighted by Crippen LogP contribution is -2.11. The van der Waals surface area contributed by atoms with Crippen LogP contribution >= 0.6 is 23.2 Å². The van der Waals surface area contributed by atoms with Crippen LogP contribution in [0.5, 0.6) is 0 Å². The molecule has 1 aromatic carbocycles. The van der Waals surface area contributed by atoms with E-state index in [9.17, 15) is 9.90 Å². The van der Waals surface area contributed by atoms with Crippen LogP contribution in [0.3, 0.4) is 0 Å². The number of carbonyl (C=O) groups is 1. The van der Waals surface area contributed by atoms with E-state index in [-0.39, 0.29) is 5.69 Å². The summed E-state index contributed by atoms with van der Waals surface area (Å²) in [5.74, 6) is -1.01. The van der Waals surface area contributed by atoms with Crippen LogP contribution in [0, 0.1) is 0 Å². The first-order valence-corrected chi connectivity index (χ1v) is 7.33. The molecular weight excluding hydrogens is 323 g/mol. The molecular formula is C16H12Cl2N2O2. The predicted molar refractivity (Wildman–Crippen MR) is 88.1 cm³/mol. The SMILES string of the molecule is O=C(O)c1c(NCc2c(Cl)cccc2Cl)ccc2cccn12. The molecule has 0 spiro atoms. The van der Waals surface area contributed by atoms with Gasteiger partial charge in [0.05, 0.1) is 5.69 Å². The quantitative estimate of drug-likeness (QED) is 0.735. The predicted octanol–water partition coefficient (Wildman–Crippen LogP) is 4.56. The molecule has 3 aromatic rings. The van der Waals surface area contributed by atoms with E-state index in [2.05, 4.69) is 5.32 Å². The molecule has 112 valence electrons. The summed E-state index contributed by atoms with van der Waals surface area (Å²) in [5.41, 5.74) is 2.23. The first-order chi connectivity index (χ1) is 10.6. The molecule has 0 atom stereocenters. The number of nitrogens with one attached hydrogen (secondary N) is 1. The van der Waals surface area contributed by atoms with Gasteiger partial charge in [0.1, 0.15) is 0 Å². The lowest BCUT2D eigenvalue weighted by molar-refractivity contribution is 0.0690. The van der Waals surface area contributed by atoms with Crippen molar-refractivity contribution < 1.29 is 9.90 Å². The minimum Gasteiger partial charge on any atom is -0.476 e. The van der Waals surface area contributed by atoms with Crippen molar-refractivity contribution in [3.63, 3.8) is 0 Å². The van der Waals surface area contributed by atoms with E-state index in [1.165, 1.54) is 0 Å². The number of aromatic carboxylic acids is 1. The monoisotopic (exact) mass is 334 g/mol. The molecule has 0 radical (unpaired) electrons. The number of fused-ring (bicyclic) bond motifs is 1. The van der Waals surface area contributed by atoms with Crippen LogP contribution in [0.1, 0.15) is 16.1 Å². The smallest absolute Gasteiger partial charge is 0.355 e. The highest BCUT2D eigenvalue weighted by molar-refractivity contribution is 6.36. The second kappa shape index (κ2) is 5.91. The van der Waals surface area contributed by atoms with Crippen molar-refractivity contribution in [3.8, 4) is 0 Å². The summed E-state index contributed by atoms with van der Waals surface area (Å²) in [6.45, 7) is 0.339. The Morgan fingerprint density at radius 3 is 2.50 bits per heavy atom. The molecule has 0 saturated heterocycles. The van der Waals surface area contributed by atoms with Crippen LogP contribution in [-0.4, -0.2) is 15.5 Å². The largest absolute Gasteiger partial charge is 0.476 e. The van der Waals surface area contributed by atoms with Gasteiger partial charge in [-0.05, 0) is 36.4 Å². The van der Waals surface area contributed by atoms with E-state index in [0.717, 1.165) is 11.1 Å². The minimum atomic E-state index is -1.01. The highest BCUT2D eigenvalue weighted by atomic mass is 35.5. The van der Waals surface area contributed by atoms with Gasteiger partial charge in [-0.2, -0.15) is 0 Å². The maximum absolute atomic E-state index is 11.6. The Bertz CT molecular complexity index is 838. The summed E-state index contributed by atoms with van der Waals surface area (Å²) in [7, 11) is 0. The van der Waals surface area contributed by atoms with Crippen LogP contribution in [0.15, 0.2) is 48.7 Å². The van der Waals surface area contributed by atoms with Crippen molar-refractivity contribution in [2.24, 2.45) is 0 Å². The fourth-order valence-electron chi connectivity index (χ4n) is 2.36. The molecule has 6 heteroatoms. The van der Waals surface area contributed by atoms with Gasteiger partial charge in [-0.3, -0.25) is 0 Å². The molecule has 0 unspecified atom stereocenters. The Hall–Kier alpha value is -2.17. The summed E-state index contributed by atoms with van der Waals surface area (Å²) in [4.78, 5) is 11.6. The first-order valence-electron chi connectivity index (χ1n) is 6.58. The van der Waals surface area contributed by atoms with Crippen molar-refractivity contribution in [1.29, 1.82) is 0 Å². The van der Waals surface area contributed by atoms with Crippen LogP contribution < -0.4 is 5.32 Å². The van der Waals surface area contributed by atoms with Crippen LogP contribution in [0.2, 0.25) is 10.0 Å². The molecule has 0 bridgehead atoms. The van der Waals surface area contributed by atoms with E-state index in [4.69, 9.17) is 23.2 Å². The highest BCUT2D eigenvalue weighted by Crippen LogP contribution is 2.26. The first kappa shape index (κ1) is 14.8. The highest BCUT2D eigenvalue weighted by Gasteiger charge is 2.15. The lowest BCUT2D eigenvalue weighted by Gasteiger charge is -2.13. The molecule has 0 aliphatic carbocycles. The van der Waals surface area contributed by atoms with Gasteiger partial charge in [0.15, 0.2) is 5.69 Å². The Morgan fingerprint density at radius 1 is 1.09 bits per heavy atom. The Morgan fingerprint density at radius 2 is 1.82 bits per heavy atom. The number of aromatic nitrogens is 1. The van der Waals surface area contributed by atoms with Crippen molar-refractivity contribution in [1.82, 2.24) is 4.40 Å². The molecule has 4 nitrogen and oxygen atoms in total. The Labute approximate surface area is 136 Å². The molecule has 2 aromatic heterocycles. The van der Waals surface area contributed by atoms with Gasteiger partial charge < -0.3 is 14.8 Å². The second-order valence-corrected chi connectivity index (χ2v) is 5.57.